The molecule has 1 aromatic heterocycles. The van der Waals surface area contributed by atoms with Crippen LogP contribution in [0.5, 0.6) is 11.5 Å². The van der Waals surface area contributed by atoms with Crippen LogP contribution in [0.2, 0.25) is 0 Å². The van der Waals surface area contributed by atoms with Crippen LogP contribution in [-0.4, -0.2) is 47.7 Å². The van der Waals surface area contributed by atoms with Gasteiger partial charge >= 0.3 is 0 Å². The van der Waals surface area contributed by atoms with Crippen molar-refractivity contribution >= 4 is 21.9 Å². The number of benzene rings is 1. The summed E-state index contributed by atoms with van der Waals surface area (Å²) in [7, 11) is 1.67. The summed E-state index contributed by atoms with van der Waals surface area (Å²) >= 11 is 3.36. The Hall–Kier alpha value is -1.86. The van der Waals surface area contributed by atoms with Crippen LogP contribution < -0.4 is 14.8 Å². The van der Waals surface area contributed by atoms with Crippen molar-refractivity contribution in [1.82, 2.24) is 14.9 Å². The van der Waals surface area contributed by atoms with Crippen molar-refractivity contribution in [2.24, 2.45) is 0 Å². The van der Waals surface area contributed by atoms with Crippen molar-refractivity contribution in [2.75, 3.05) is 32.1 Å². The molecule has 0 unspecified atom stereocenters. The maximum absolute atomic E-state index is 5.68. The van der Waals surface area contributed by atoms with Crippen LogP contribution in [0.1, 0.15) is 25.3 Å². The number of rotatable bonds is 7. The van der Waals surface area contributed by atoms with Gasteiger partial charge in [-0.25, -0.2) is 9.97 Å². The number of hydrogen-bond donors (Lipinski definition) is 1. The standard InChI is InChI=1S/C19H25BrN4O2/c1-3-26-18-10-14(4-5-17(18)25-2)13-24-8-6-16(7-9-24)23-19-21-11-15(20)12-22-19/h4-5,10-12,16H,3,6-9,13H2,1-2H3,(H,21,22,23). The van der Waals surface area contributed by atoms with Gasteiger partial charge in [0.15, 0.2) is 11.5 Å². The Labute approximate surface area is 163 Å². The quantitative estimate of drug-likeness (QED) is 0.736. The lowest BCUT2D eigenvalue weighted by molar-refractivity contribution is 0.210. The zero-order valence-electron chi connectivity index (χ0n) is 15.2. The van der Waals surface area contributed by atoms with E-state index in [1.165, 1.54) is 5.56 Å². The third-order valence-electron chi connectivity index (χ3n) is 4.48. The van der Waals surface area contributed by atoms with Gasteiger partial charge in [0, 0.05) is 38.1 Å². The molecule has 7 heteroatoms. The van der Waals surface area contributed by atoms with Gasteiger partial charge < -0.3 is 14.8 Å². The molecule has 1 fully saturated rings. The fraction of sp³-hybridized carbons (Fsp3) is 0.474. The van der Waals surface area contributed by atoms with Crippen LogP contribution in [-0.2, 0) is 6.54 Å². The summed E-state index contributed by atoms with van der Waals surface area (Å²) in [5, 5.41) is 3.43. The van der Waals surface area contributed by atoms with Crippen LogP contribution in [0.3, 0.4) is 0 Å². The molecule has 2 aromatic rings. The highest BCUT2D eigenvalue weighted by Crippen LogP contribution is 2.29. The number of nitrogens with one attached hydrogen (secondary N) is 1. The van der Waals surface area contributed by atoms with Gasteiger partial charge in [-0.3, -0.25) is 4.90 Å². The van der Waals surface area contributed by atoms with Gasteiger partial charge in [-0.15, -0.1) is 0 Å². The molecule has 3 rings (SSSR count). The van der Waals surface area contributed by atoms with Crippen molar-refractivity contribution in [3.8, 4) is 11.5 Å². The Morgan fingerprint density at radius 3 is 2.58 bits per heavy atom. The van der Waals surface area contributed by atoms with Crippen molar-refractivity contribution in [3.05, 3.63) is 40.6 Å². The minimum Gasteiger partial charge on any atom is -0.493 e. The van der Waals surface area contributed by atoms with Crippen molar-refractivity contribution < 1.29 is 9.47 Å². The number of nitrogens with zero attached hydrogens (tertiary/aromatic N) is 3. The molecule has 1 aliphatic rings. The molecule has 0 saturated carbocycles. The monoisotopic (exact) mass is 420 g/mol. The smallest absolute Gasteiger partial charge is 0.222 e. The number of hydrogen-bond acceptors (Lipinski definition) is 6. The Morgan fingerprint density at radius 2 is 1.92 bits per heavy atom. The van der Waals surface area contributed by atoms with Gasteiger partial charge in [0.05, 0.1) is 18.2 Å². The van der Waals surface area contributed by atoms with Crippen LogP contribution >= 0.6 is 15.9 Å². The van der Waals surface area contributed by atoms with Crippen molar-refractivity contribution in [1.29, 1.82) is 0 Å². The molecule has 0 aliphatic carbocycles. The number of piperidine rings is 1. The van der Waals surface area contributed by atoms with E-state index in [4.69, 9.17) is 9.47 Å². The number of methoxy groups -OCH3 is 1. The summed E-state index contributed by atoms with van der Waals surface area (Å²) in [6, 6.07) is 6.60. The van der Waals surface area contributed by atoms with E-state index in [0.717, 1.165) is 48.4 Å². The zero-order chi connectivity index (χ0) is 18.4. The molecule has 26 heavy (non-hydrogen) atoms. The fourth-order valence-corrected chi connectivity index (χ4v) is 3.36. The summed E-state index contributed by atoms with van der Waals surface area (Å²) in [5.74, 6) is 2.30. The molecule has 1 saturated heterocycles. The van der Waals surface area contributed by atoms with Gasteiger partial charge in [-0.2, -0.15) is 0 Å². The molecular formula is C19H25BrN4O2. The SMILES string of the molecule is CCOc1cc(CN2CCC(Nc3ncc(Br)cn3)CC2)ccc1OC. The molecule has 2 heterocycles. The molecule has 6 nitrogen and oxygen atoms in total. The largest absolute Gasteiger partial charge is 0.493 e. The number of aromatic nitrogens is 2. The highest BCUT2D eigenvalue weighted by atomic mass is 79.9. The molecule has 140 valence electrons. The third kappa shape index (κ3) is 5.08. The minimum atomic E-state index is 0.419. The van der Waals surface area contributed by atoms with Gasteiger partial charge in [0.25, 0.3) is 0 Å². The number of likely N-dealkylation sites (tertiary alicyclic amines) is 1. The van der Waals surface area contributed by atoms with Crippen LogP contribution in [0.25, 0.3) is 0 Å². The molecule has 0 spiro atoms. The van der Waals surface area contributed by atoms with Crippen LogP contribution in [0.4, 0.5) is 5.95 Å². The van der Waals surface area contributed by atoms with Gasteiger partial charge in [-0.1, -0.05) is 6.07 Å². The second kappa shape index (κ2) is 9.19. The summed E-state index contributed by atoms with van der Waals surface area (Å²) in [6.07, 6.45) is 5.69. The maximum atomic E-state index is 5.68. The average molecular weight is 421 g/mol. The second-order valence-electron chi connectivity index (χ2n) is 6.34. The first kappa shape index (κ1) is 18.9. The molecule has 1 N–H and O–H groups in total. The first-order chi connectivity index (χ1) is 12.7. The summed E-state index contributed by atoms with van der Waals surface area (Å²) in [4.78, 5) is 11.1. The normalized spacial score (nSPS) is 15.7. The predicted octanol–water partition coefficient (Wildman–Crippen LogP) is 3.72. The van der Waals surface area contributed by atoms with Crippen LogP contribution in [0, 0.1) is 0 Å². The number of anilines is 1. The highest BCUT2D eigenvalue weighted by molar-refractivity contribution is 9.10. The third-order valence-corrected chi connectivity index (χ3v) is 4.88. The molecular weight excluding hydrogens is 396 g/mol. The lowest BCUT2D eigenvalue weighted by atomic mass is 10.0. The van der Waals surface area contributed by atoms with Gasteiger partial charge in [0.1, 0.15) is 0 Å². The predicted molar refractivity (Wildman–Crippen MR) is 106 cm³/mol. The first-order valence-corrected chi connectivity index (χ1v) is 9.73. The second-order valence-corrected chi connectivity index (χ2v) is 7.25. The lowest BCUT2D eigenvalue weighted by Crippen LogP contribution is -2.38. The summed E-state index contributed by atoms with van der Waals surface area (Å²) in [5.41, 5.74) is 1.25. The molecule has 0 atom stereocenters. The van der Waals surface area contributed by atoms with Gasteiger partial charge in [0.2, 0.25) is 5.95 Å². The summed E-state index contributed by atoms with van der Waals surface area (Å²) in [6.45, 7) is 5.63. The first-order valence-electron chi connectivity index (χ1n) is 8.94. The van der Waals surface area contributed by atoms with E-state index in [1.54, 1.807) is 19.5 Å². The number of ether oxygens (including phenoxy) is 2. The summed E-state index contributed by atoms with van der Waals surface area (Å²) < 4.78 is 11.9. The Balaban J connectivity index is 1.52. The molecule has 0 radical (unpaired) electrons. The van der Waals surface area contributed by atoms with E-state index in [-0.39, 0.29) is 0 Å². The van der Waals surface area contributed by atoms with E-state index in [9.17, 15) is 0 Å². The Kier molecular flexibility index (Phi) is 6.68. The van der Waals surface area contributed by atoms with Crippen LogP contribution in [0.15, 0.2) is 35.1 Å². The van der Waals surface area contributed by atoms with Crippen molar-refractivity contribution in [3.63, 3.8) is 0 Å². The zero-order valence-corrected chi connectivity index (χ0v) is 16.8. The molecule has 1 aliphatic heterocycles. The van der Waals surface area contributed by atoms with E-state index < -0.39 is 0 Å². The minimum absolute atomic E-state index is 0.419. The lowest BCUT2D eigenvalue weighted by Gasteiger charge is -2.32. The Bertz CT molecular complexity index is 703. The van der Waals surface area contributed by atoms with E-state index >= 15 is 0 Å². The van der Waals surface area contributed by atoms with E-state index in [1.807, 2.05) is 13.0 Å². The van der Waals surface area contributed by atoms with E-state index in [0.29, 0.717) is 18.6 Å². The highest BCUT2D eigenvalue weighted by Gasteiger charge is 2.20. The molecule has 0 bridgehead atoms. The van der Waals surface area contributed by atoms with E-state index in [2.05, 4.69) is 48.2 Å². The average Bonchev–Trinajstić information content (AvgIpc) is 2.66. The van der Waals surface area contributed by atoms with Gasteiger partial charge in [-0.05, 0) is 53.4 Å². The van der Waals surface area contributed by atoms with Crippen molar-refractivity contribution in [2.45, 2.75) is 32.4 Å². The molecule has 1 aromatic carbocycles. The topological polar surface area (TPSA) is 59.5 Å². The fourth-order valence-electron chi connectivity index (χ4n) is 3.15. The Morgan fingerprint density at radius 1 is 1.19 bits per heavy atom. The number of halogens is 1. The maximum Gasteiger partial charge on any atom is 0.222 e. The molecule has 0 amide bonds.